The van der Waals surface area contributed by atoms with Gasteiger partial charge in [0.25, 0.3) is 0 Å². The molecule has 1 saturated carbocycles. The highest BCUT2D eigenvalue weighted by atomic mass is 16.4. The lowest BCUT2D eigenvalue weighted by Gasteiger charge is -2.30. The average molecular weight is 399 g/mol. The number of hydrogen-bond donors (Lipinski definition) is 1. The number of fused-ring (bicyclic) bond motifs is 1. The Morgan fingerprint density at radius 2 is 1.77 bits per heavy atom. The van der Waals surface area contributed by atoms with E-state index in [-0.39, 0.29) is 0 Å². The number of carboxylic acids is 1. The quantitative estimate of drug-likeness (QED) is 0.680. The number of hydrogen-bond acceptors (Lipinski definition) is 4. The maximum absolute atomic E-state index is 11.5. The van der Waals surface area contributed by atoms with E-state index in [2.05, 4.69) is 58.4 Å². The molecule has 0 atom stereocenters. The first-order valence-electron chi connectivity index (χ1n) is 10.6. The van der Waals surface area contributed by atoms with Crippen molar-refractivity contribution in [2.45, 2.75) is 32.2 Å². The number of carboxylic acid groups (broad SMARTS) is 1. The zero-order valence-corrected chi connectivity index (χ0v) is 16.9. The van der Waals surface area contributed by atoms with E-state index in [9.17, 15) is 9.90 Å². The van der Waals surface area contributed by atoms with Crippen molar-refractivity contribution >= 4 is 5.97 Å². The van der Waals surface area contributed by atoms with Gasteiger partial charge in [-0.2, -0.15) is 0 Å². The van der Waals surface area contributed by atoms with Gasteiger partial charge in [0, 0.05) is 43.4 Å². The predicted octanol–water partition coefficient (Wildman–Crippen LogP) is 3.96. The number of rotatable bonds is 6. The van der Waals surface area contributed by atoms with Gasteiger partial charge in [0.05, 0.1) is 11.1 Å². The second-order valence-corrected chi connectivity index (χ2v) is 8.57. The lowest BCUT2D eigenvalue weighted by Crippen LogP contribution is -2.38. The summed E-state index contributed by atoms with van der Waals surface area (Å²) in [6, 6.07) is 18.9. The minimum Gasteiger partial charge on any atom is -0.481 e. The highest BCUT2D eigenvalue weighted by Crippen LogP contribution is 2.47. The SMILES string of the molecule is O=C(O)C1(CN2CCc3nc(-c4ccc(Cc5ccccc5)cc4)ncc3C2)CC1. The van der Waals surface area contributed by atoms with Crippen molar-refractivity contribution in [3.8, 4) is 11.4 Å². The molecule has 0 amide bonds. The van der Waals surface area contributed by atoms with Crippen molar-refractivity contribution in [2.75, 3.05) is 13.1 Å². The summed E-state index contributed by atoms with van der Waals surface area (Å²) in [6.07, 6.45) is 5.26. The van der Waals surface area contributed by atoms with Gasteiger partial charge in [-0.25, -0.2) is 9.97 Å². The van der Waals surface area contributed by atoms with E-state index < -0.39 is 11.4 Å². The van der Waals surface area contributed by atoms with Gasteiger partial charge in [-0.15, -0.1) is 0 Å². The van der Waals surface area contributed by atoms with Gasteiger partial charge in [0.15, 0.2) is 5.82 Å². The van der Waals surface area contributed by atoms with Crippen LogP contribution in [-0.2, 0) is 24.2 Å². The maximum Gasteiger partial charge on any atom is 0.310 e. The molecule has 1 aliphatic heterocycles. The Kier molecular flexibility index (Phi) is 4.83. The summed E-state index contributed by atoms with van der Waals surface area (Å²) in [5, 5.41) is 9.44. The first-order chi connectivity index (χ1) is 14.6. The van der Waals surface area contributed by atoms with E-state index >= 15 is 0 Å². The Hall–Kier alpha value is -3.05. The van der Waals surface area contributed by atoms with E-state index in [1.165, 1.54) is 11.1 Å². The monoisotopic (exact) mass is 399 g/mol. The summed E-state index contributed by atoms with van der Waals surface area (Å²) in [5.74, 6) is 0.105. The summed E-state index contributed by atoms with van der Waals surface area (Å²) in [6.45, 7) is 2.22. The normalized spacial score (nSPS) is 17.3. The van der Waals surface area contributed by atoms with Crippen LogP contribution in [0.4, 0.5) is 0 Å². The summed E-state index contributed by atoms with van der Waals surface area (Å²) in [4.78, 5) is 23.1. The Morgan fingerprint density at radius 3 is 2.47 bits per heavy atom. The van der Waals surface area contributed by atoms with E-state index in [1.807, 2.05) is 12.3 Å². The van der Waals surface area contributed by atoms with Crippen molar-refractivity contribution in [2.24, 2.45) is 5.41 Å². The van der Waals surface area contributed by atoms with E-state index in [0.717, 1.165) is 61.4 Å². The number of aliphatic carboxylic acids is 1. The molecule has 0 bridgehead atoms. The maximum atomic E-state index is 11.5. The highest BCUT2D eigenvalue weighted by Gasteiger charge is 2.51. The van der Waals surface area contributed by atoms with Crippen LogP contribution in [0.2, 0.25) is 0 Å². The molecule has 2 aromatic carbocycles. The lowest BCUT2D eigenvalue weighted by molar-refractivity contribution is -0.144. The van der Waals surface area contributed by atoms with Crippen molar-refractivity contribution in [1.82, 2.24) is 14.9 Å². The molecular formula is C25H25N3O2. The molecule has 1 aliphatic carbocycles. The van der Waals surface area contributed by atoms with Gasteiger partial charge in [0.2, 0.25) is 0 Å². The third-order valence-electron chi connectivity index (χ3n) is 6.31. The molecule has 0 unspecified atom stereocenters. The third-order valence-corrected chi connectivity index (χ3v) is 6.31. The van der Waals surface area contributed by atoms with Gasteiger partial charge >= 0.3 is 5.97 Å². The Morgan fingerprint density at radius 1 is 1.03 bits per heavy atom. The predicted molar refractivity (Wildman–Crippen MR) is 115 cm³/mol. The molecule has 0 saturated heterocycles. The zero-order valence-electron chi connectivity index (χ0n) is 16.9. The molecule has 5 heteroatoms. The molecule has 1 aromatic heterocycles. The first-order valence-corrected chi connectivity index (χ1v) is 10.6. The van der Waals surface area contributed by atoms with Crippen LogP contribution in [0.5, 0.6) is 0 Å². The standard InChI is InChI=1S/C25H25N3O2/c29-24(30)25(11-12-25)17-28-13-10-22-21(16-28)15-26-23(27-22)20-8-6-19(7-9-20)14-18-4-2-1-3-5-18/h1-9,15H,10-14,16-17H2,(H,29,30). The number of nitrogens with zero attached hydrogens (tertiary/aromatic N) is 3. The minimum atomic E-state index is -0.657. The van der Waals surface area contributed by atoms with Crippen LogP contribution in [0.3, 0.4) is 0 Å². The minimum absolute atomic E-state index is 0.514. The number of aromatic nitrogens is 2. The van der Waals surface area contributed by atoms with Gasteiger partial charge in [-0.05, 0) is 30.4 Å². The highest BCUT2D eigenvalue weighted by molar-refractivity contribution is 5.78. The smallest absolute Gasteiger partial charge is 0.310 e. The van der Waals surface area contributed by atoms with Crippen LogP contribution >= 0.6 is 0 Å². The van der Waals surface area contributed by atoms with Crippen LogP contribution in [0.1, 0.15) is 35.2 Å². The largest absolute Gasteiger partial charge is 0.481 e. The molecule has 3 aromatic rings. The second kappa shape index (κ2) is 7.65. The van der Waals surface area contributed by atoms with Crippen molar-refractivity contribution in [1.29, 1.82) is 0 Å². The fourth-order valence-corrected chi connectivity index (χ4v) is 4.27. The van der Waals surface area contributed by atoms with E-state index in [4.69, 9.17) is 4.98 Å². The fraction of sp³-hybridized carbons (Fsp3) is 0.320. The third kappa shape index (κ3) is 3.85. The van der Waals surface area contributed by atoms with Crippen LogP contribution in [0, 0.1) is 5.41 Å². The second-order valence-electron chi connectivity index (χ2n) is 8.57. The lowest BCUT2D eigenvalue weighted by atomic mass is 10.0. The Balaban J connectivity index is 1.28. The number of benzene rings is 2. The summed E-state index contributed by atoms with van der Waals surface area (Å²) >= 11 is 0. The van der Waals surface area contributed by atoms with Crippen molar-refractivity contribution < 1.29 is 9.90 Å². The van der Waals surface area contributed by atoms with Gasteiger partial charge in [-0.1, -0.05) is 54.6 Å². The molecule has 30 heavy (non-hydrogen) atoms. The molecule has 0 spiro atoms. The van der Waals surface area contributed by atoms with Crippen LogP contribution in [0.25, 0.3) is 11.4 Å². The molecular weight excluding hydrogens is 374 g/mol. The fourth-order valence-electron chi connectivity index (χ4n) is 4.27. The van der Waals surface area contributed by atoms with Crippen molar-refractivity contribution in [3.63, 3.8) is 0 Å². The molecule has 1 fully saturated rings. The molecule has 152 valence electrons. The molecule has 0 radical (unpaired) electrons. The zero-order chi connectivity index (χ0) is 20.6. The Bertz CT molecular complexity index is 1060. The number of carbonyl (C=O) groups is 1. The van der Waals surface area contributed by atoms with E-state index in [1.54, 1.807) is 0 Å². The topological polar surface area (TPSA) is 66.3 Å². The summed E-state index contributed by atoms with van der Waals surface area (Å²) in [5.41, 5.74) is 5.29. The molecule has 1 N–H and O–H groups in total. The van der Waals surface area contributed by atoms with E-state index in [0.29, 0.717) is 6.54 Å². The van der Waals surface area contributed by atoms with Crippen molar-refractivity contribution in [3.05, 3.63) is 83.2 Å². The van der Waals surface area contributed by atoms with Crippen LogP contribution in [0.15, 0.2) is 60.8 Å². The summed E-state index contributed by atoms with van der Waals surface area (Å²) < 4.78 is 0. The van der Waals surface area contributed by atoms with Gasteiger partial charge < -0.3 is 5.11 Å². The van der Waals surface area contributed by atoms with Crippen LogP contribution in [-0.4, -0.2) is 39.0 Å². The molecule has 5 nitrogen and oxygen atoms in total. The van der Waals surface area contributed by atoms with Crippen LogP contribution < -0.4 is 0 Å². The molecule has 2 heterocycles. The summed E-state index contributed by atoms with van der Waals surface area (Å²) in [7, 11) is 0. The van der Waals surface area contributed by atoms with Gasteiger partial charge in [0.1, 0.15) is 0 Å². The molecule has 2 aliphatic rings. The first kappa shape index (κ1) is 18.9. The molecule has 5 rings (SSSR count). The average Bonchev–Trinajstić information content (AvgIpc) is 3.56. The Labute approximate surface area is 176 Å². The van der Waals surface area contributed by atoms with Gasteiger partial charge in [-0.3, -0.25) is 9.69 Å².